The second-order valence-electron chi connectivity index (χ2n) is 2.23. The highest BCUT2D eigenvalue weighted by Crippen LogP contribution is 2.28. The normalized spacial score (nSPS) is 10.5. The Hall–Kier alpha value is -1.83. The van der Waals surface area contributed by atoms with Crippen molar-refractivity contribution in [1.29, 1.82) is 0 Å². The monoisotopic (exact) mass is 199 g/mol. The highest BCUT2D eigenvalue weighted by molar-refractivity contribution is 7.22. The smallest absolute Gasteiger partial charge is 0.410 e. The van der Waals surface area contributed by atoms with Crippen LogP contribution >= 0.6 is 11.3 Å². The summed E-state index contributed by atoms with van der Waals surface area (Å²) in [7, 11) is 0. The number of nitrogens with two attached hydrogens (primary N) is 1. The van der Waals surface area contributed by atoms with E-state index in [0.29, 0.717) is 15.5 Å². The van der Waals surface area contributed by atoms with E-state index in [-0.39, 0.29) is 5.82 Å². The fraction of sp³-hybridized carbons (Fsp3) is 0. The van der Waals surface area contributed by atoms with E-state index in [0.717, 1.165) is 0 Å². The summed E-state index contributed by atoms with van der Waals surface area (Å²) < 4.78 is 0.611. The van der Waals surface area contributed by atoms with E-state index in [9.17, 15) is 4.79 Å². The lowest BCUT2D eigenvalue weighted by molar-refractivity contribution is 0.209. The fourth-order valence-corrected chi connectivity index (χ4v) is 1.65. The van der Waals surface area contributed by atoms with Crippen LogP contribution in [-0.4, -0.2) is 26.4 Å². The number of H-pyrrole nitrogens is 1. The third-order valence-electron chi connectivity index (χ3n) is 1.36. The summed E-state index contributed by atoms with van der Waals surface area (Å²) in [5.41, 5.74) is 5.91. The number of hydrogen-bond acceptors (Lipinski definition) is 5. The van der Waals surface area contributed by atoms with Crippen LogP contribution in [0.2, 0.25) is 0 Å². The molecule has 8 heteroatoms. The molecule has 0 aromatic carbocycles. The number of nitrogens with zero attached hydrogens (tertiary/aromatic N) is 2. The predicted molar refractivity (Wildman–Crippen MR) is 47.8 cm³/mol. The van der Waals surface area contributed by atoms with E-state index in [2.05, 4.69) is 20.5 Å². The largest absolute Gasteiger partial charge is 0.465 e. The van der Waals surface area contributed by atoms with Crippen molar-refractivity contribution in [3.8, 4) is 0 Å². The summed E-state index contributed by atoms with van der Waals surface area (Å²) in [5, 5.41) is 17.2. The average molecular weight is 199 g/mol. The number of nitrogen functional groups attached to an aromatic ring is 1. The molecule has 0 radical (unpaired) electrons. The number of aromatic nitrogens is 3. The van der Waals surface area contributed by atoms with Gasteiger partial charge in [-0.25, -0.2) is 9.78 Å². The summed E-state index contributed by atoms with van der Waals surface area (Å²) in [4.78, 5) is 14.2. The molecule has 0 saturated heterocycles. The quantitative estimate of drug-likeness (QED) is 0.539. The first-order chi connectivity index (χ1) is 6.16. The third kappa shape index (κ3) is 1.26. The second-order valence-corrected chi connectivity index (χ2v) is 3.26. The van der Waals surface area contributed by atoms with Gasteiger partial charge < -0.3 is 10.8 Å². The SMILES string of the molecule is Nc1nc2[nH]nc(NC(=O)O)c2s1. The molecule has 7 nitrogen and oxygen atoms in total. The molecule has 13 heavy (non-hydrogen) atoms. The standard InChI is InChI=1S/C5H5N5O2S/c6-4-7-2-1(13-4)3(10-9-2)8-5(11)12/h(H,11,12)(H4,6,7,8,9,10). The highest BCUT2D eigenvalue weighted by atomic mass is 32.1. The molecule has 2 heterocycles. The van der Waals surface area contributed by atoms with Crippen LogP contribution in [0.4, 0.5) is 15.7 Å². The van der Waals surface area contributed by atoms with Gasteiger partial charge in [-0.15, -0.1) is 0 Å². The van der Waals surface area contributed by atoms with E-state index in [4.69, 9.17) is 10.8 Å². The van der Waals surface area contributed by atoms with Gasteiger partial charge in [-0.1, -0.05) is 11.3 Å². The molecule has 2 aromatic rings. The summed E-state index contributed by atoms with van der Waals surface area (Å²) in [6.07, 6.45) is -1.17. The van der Waals surface area contributed by atoms with Gasteiger partial charge >= 0.3 is 6.09 Å². The van der Waals surface area contributed by atoms with Gasteiger partial charge in [0.05, 0.1) is 0 Å². The van der Waals surface area contributed by atoms with Gasteiger partial charge in [-0.3, -0.25) is 10.4 Å². The lowest BCUT2D eigenvalue weighted by atomic mass is 10.6. The van der Waals surface area contributed by atoms with Gasteiger partial charge in [0.25, 0.3) is 0 Å². The number of carboxylic acid groups (broad SMARTS) is 1. The predicted octanol–water partition coefficient (Wildman–Crippen LogP) is 0.692. The van der Waals surface area contributed by atoms with Crippen LogP contribution in [0.5, 0.6) is 0 Å². The lowest BCUT2D eigenvalue weighted by Crippen LogP contribution is -2.07. The van der Waals surface area contributed by atoms with Crippen LogP contribution in [0.3, 0.4) is 0 Å². The van der Waals surface area contributed by atoms with Gasteiger partial charge in [0.2, 0.25) is 0 Å². The lowest BCUT2D eigenvalue weighted by Gasteiger charge is -1.91. The van der Waals surface area contributed by atoms with Gasteiger partial charge in [-0.05, 0) is 0 Å². The molecule has 0 aliphatic carbocycles. The molecular weight excluding hydrogens is 194 g/mol. The van der Waals surface area contributed by atoms with Gasteiger partial charge in [0.1, 0.15) is 4.70 Å². The number of hydrogen-bond donors (Lipinski definition) is 4. The molecule has 0 aliphatic rings. The molecule has 0 spiro atoms. The second kappa shape index (κ2) is 2.59. The van der Waals surface area contributed by atoms with E-state index in [1.165, 1.54) is 11.3 Å². The summed E-state index contributed by atoms with van der Waals surface area (Å²) in [6.45, 7) is 0. The molecule has 5 N–H and O–H groups in total. The number of anilines is 2. The van der Waals surface area contributed by atoms with Crippen molar-refractivity contribution in [2.24, 2.45) is 0 Å². The first-order valence-electron chi connectivity index (χ1n) is 3.27. The molecule has 0 unspecified atom stereocenters. The summed E-state index contributed by atoms with van der Waals surface area (Å²) >= 11 is 1.17. The van der Waals surface area contributed by atoms with Crippen LogP contribution in [0, 0.1) is 0 Å². The number of nitrogens with one attached hydrogen (secondary N) is 2. The summed E-state index contributed by atoms with van der Waals surface area (Å²) in [6, 6.07) is 0. The van der Waals surface area contributed by atoms with Crippen LogP contribution in [0.1, 0.15) is 0 Å². The maximum atomic E-state index is 10.3. The number of aromatic amines is 1. The van der Waals surface area contributed by atoms with Crippen LogP contribution < -0.4 is 11.1 Å². The molecule has 0 aliphatic heterocycles. The first kappa shape index (κ1) is 7.80. The van der Waals surface area contributed by atoms with E-state index < -0.39 is 6.09 Å². The Morgan fingerprint density at radius 2 is 2.46 bits per heavy atom. The van der Waals surface area contributed by atoms with E-state index >= 15 is 0 Å². The Bertz CT molecular complexity index is 460. The Labute approximate surface area is 75.6 Å². The number of carbonyl (C=O) groups is 1. The van der Waals surface area contributed by atoms with Crippen LogP contribution in [0.25, 0.3) is 10.3 Å². The highest BCUT2D eigenvalue weighted by Gasteiger charge is 2.11. The maximum Gasteiger partial charge on any atom is 0.410 e. The molecule has 68 valence electrons. The molecule has 0 bridgehead atoms. The minimum Gasteiger partial charge on any atom is -0.465 e. The van der Waals surface area contributed by atoms with Crippen molar-refractivity contribution in [3.05, 3.63) is 0 Å². The van der Waals surface area contributed by atoms with Crippen molar-refractivity contribution in [2.45, 2.75) is 0 Å². The molecule has 2 aromatic heterocycles. The first-order valence-corrected chi connectivity index (χ1v) is 4.09. The number of thiazole rings is 1. The zero-order valence-corrected chi connectivity index (χ0v) is 7.05. The van der Waals surface area contributed by atoms with Gasteiger partial charge in [0.15, 0.2) is 16.6 Å². The molecule has 0 fully saturated rings. The third-order valence-corrected chi connectivity index (χ3v) is 2.25. The van der Waals surface area contributed by atoms with Crippen molar-refractivity contribution in [1.82, 2.24) is 15.2 Å². The maximum absolute atomic E-state index is 10.3. The molecule has 1 amide bonds. The van der Waals surface area contributed by atoms with E-state index in [1.54, 1.807) is 0 Å². The van der Waals surface area contributed by atoms with Crippen molar-refractivity contribution in [3.63, 3.8) is 0 Å². The summed E-state index contributed by atoms with van der Waals surface area (Å²) in [5.74, 6) is 0.233. The topological polar surface area (TPSA) is 117 Å². The molecule has 0 saturated carbocycles. The Morgan fingerprint density at radius 1 is 1.69 bits per heavy atom. The molecular formula is C5H5N5O2S. The molecule has 0 atom stereocenters. The minimum atomic E-state index is -1.17. The van der Waals surface area contributed by atoms with Crippen molar-refractivity contribution < 1.29 is 9.90 Å². The Kier molecular flexibility index (Phi) is 1.55. The molecule has 2 rings (SSSR count). The van der Waals surface area contributed by atoms with Crippen molar-refractivity contribution >= 4 is 38.7 Å². The Balaban J connectivity index is 2.50. The van der Waals surface area contributed by atoms with Gasteiger partial charge in [-0.2, -0.15) is 5.10 Å². The van der Waals surface area contributed by atoms with Crippen LogP contribution in [-0.2, 0) is 0 Å². The average Bonchev–Trinajstić information content (AvgIpc) is 2.51. The number of amides is 1. The fourth-order valence-electron chi connectivity index (χ4n) is 0.919. The Morgan fingerprint density at radius 3 is 3.15 bits per heavy atom. The van der Waals surface area contributed by atoms with E-state index in [1.807, 2.05) is 0 Å². The number of fused-ring (bicyclic) bond motifs is 1. The number of rotatable bonds is 1. The van der Waals surface area contributed by atoms with Crippen LogP contribution in [0.15, 0.2) is 0 Å². The zero-order chi connectivity index (χ0) is 9.42. The van der Waals surface area contributed by atoms with Gasteiger partial charge in [0, 0.05) is 0 Å². The minimum absolute atomic E-state index is 0.233. The van der Waals surface area contributed by atoms with Crippen molar-refractivity contribution in [2.75, 3.05) is 11.1 Å². The zero-order valence-electron chi connectivity index (χ0n) is 6.24.